The first-order valence-corrected chi connectivity index (χ1v) is 7.42. The number of hydrogen-bond donors (Lipinski definition) is 2. The van der Waals surface area contributed by atoms with Crippen LogP contribution in [0, 0.1) is 0 Å². The highest BCUT2D eigenvalue weighted by Gasteiger charge is 2.03. The first-order valence-electron chi connectivity index (χ1n) is 7.01. The van der Waals surface area contributed by atoms with E-state index in [1.807, 2.05) is 31.2 Å². The van der Waals surface area contributed by atoms with E-state index in [0.29, 0.717) is 5.11 Å². The average molecular weight is 301 g/mol. The van der Waals surface area contributed by atoms with E-state index in [-0.39, 0.29) is 0 Å². The largest absolute Gasteiger partial charge is 0.361 e. The van der Waals surface area contributed by atoms with Crippen molar-refractivity contribution in [2.24, 2.45) is 5.10 Å². The highest BCUT2D eigenvalue weighted by atomic mass is 32.1. The van der Waals surface area contributed by atoms with Gasteiger partial charge in [-0.2, -0.15) is 5.10 Å². The number of nitrogens with zero attached hydrogens (tertiary/aromatic N) is 3. The van der Waals surface area contributed by atoms with Gasteiger partial charge >= 0.3 is 0 Å². The Balaban J connectivity index is 2.01. The van der Waals surface area contributed by atoms with Crippen molar-refractivity contribution >= 4 is 34.1 Å². The number of aromatic nitrogens is 2. The minimum atomic E-state index is 0.525. The molecule has 1 heterocycles. The van der Waals surface area contributed by atoms with Crippen LogP contribution in [-0.2, 0) is 0 Å². The van der Waals surface area contributed by atoms with Crippen LogP contribution in [0.4, 0.5) is 0 Å². The van der Waals surface area contributed by atoms with Crippen molar-refractivity contribution in [2.45, 2.75) is 26.7 Å². The van der Waals surface area contributed by atoms with E-state index in [1.165, 1.54) is 0 Å². The van der Waals surface area contributed by atoms with Crippen LogP contribution in [0.2, 0.25) is 0 Å². The molecule has 2 N–H and O–H groups in total. The molecule has 0 fully saturated rings. The van der Waals surface area contributed by atoms with Crippen molar-refractivity contribution < 1.29 is 0 Å². The monoisotopic (exact) mass is 301 g/mol. The van der Waals surface area contributed by atoms with E-state index in [1.54, 1.807) is 6.20 Å². The number of benzene rings is 1. The first kappa shape index (κ1) is 15.3. The molecular formula is C15H19N5S. The summed E-state index contributed by atoms with van der Waals surface area (Å²) >= 11 is 5.15. The predicted molar refractivity (Wildman–Crippen MR) is 90.4 cm³/mol. The van der Waals surface area contributed by atoms with Gasteiger partial charge in [-0.25, -0.2) is 4.98 Å². The Kier molecular flexibility index (Phi) is 5.57. The molecule has 0 aliphatic carbocycles. The van der Waals surface area contributed by atoms with Crippen LogP contribution in [-0.4, -0.2) is 27.3 Å². The minimum Gasteiger partial charge on any atom is -0.361 e. The van der Waals surface area contributed by atoms with Crippen LogP contribution >= 0.6 is 12.2 Å². The van der Waals surface area contributed by atoms with Gasteiger partial charge in [0.2, 0.25) is 0 Å². The summed E-state index contributed by atoms with van der Waals surface area (Å²) in [4.78, 5) is 8.90. The molecule has 0 saturated carbocycles. The third-order valence-electron chi connectivity index (χ3n) is 2.96. The smallest absolute Gasteiger partial charge is 0.186 e. The number of fused-ring (bicyclic) bond motifs is 1. The fourth-order valence-corrected chi connectivity index (χ4v) is 1.89. The molecule has 0 saturated heterocycles. The van der Waals surface area contributed by atoms with Crippen molar-refractivity contribution in [2.75, 3.05) is 6.54 Å². The summed E-state index contributed by atoms with van der Waals surface area (Å²) in [5.74, 6) is 0. The second-order valence-corrected chi connectivity index (χ2v) is 5.07. The number of nitrogens with one attached hydrogen (secondary N) is 2. The quantitative estimate of drug-likeness (QED) is 0.385. The number of rotatable bonds is 5. The summed E-state index contributed by atoms with van der Waals surface area (Å²) in [6.45, 7) is 4.87. The molecular weight excluding hydrogens is 282 g/mol. The summed E-state index contributed by atoms with van der Waals surface area (Å²) in [7, 11) is 0. The Morgan fingerprint density at radius 2 is 2.05 bits per heavy atom. The maximum atomic E-state index is 5.15. The van der Waals surface area contributed by atoms with Gasteiger partial charge < -0.3 is 5.32 Å². The molecule has 1 aromatic carbocycles. The summed E-state index contributed by atoms with van der Waals surface area (Å²) in [6, 6.07) is 7.75. The van der Waals surface area contributed by atoms with Crippen molar-refractivity contribution in [1.82, 2.24) is 20.7 Å². The zero-order chi connectivity index (χ0) is 15.1. The van der Waals surface area contributed by atoms with Crippen LogP contribution in [0.5, 0.6) is 0 Å². The van der Waals surface area contributed by atoms with Crippen LogP contribution in [0.3, 0.4) is 0 Å². The Labute approximate surface area is 129 Å². The zero-order valence-corrected chi connectivity index (χ0v) is 13.1. The minimum absolute atomic E-state index is 0.525. The molecule has 2 rings (SSSR count). The predicted octanol–water partition coefficient (Wildman–Crippen LogP) is 2.62. The van der Waals surface area contributed by atoms with Gasteiger partial charge in [-0.15, -0.1) is 0 Å². The molecule has 2 aromatic rings. The van der Waals surface area contributed by atoms with Gasteiger partial charge in [-0.1, -0.05) is 25.5 Å². The third-order valence-corrected chi connectivity index (χ3v) is 3.20. The Bertz CT molecular complexity index is 653. The lowest BCUT2D eigenvalue weighted by atomic mass is 10.2. The number of para-hydroxylation sites is 2. The van der Waals surface area contributed by atoms with Gasteiger partial charge in [0.15, 0.2) is 5.11 Å². The van der Waals surface area contributed by atoms with Gasteiger partial charge in [-0.3, -0.25) is 10.4 Å². The van der Waals surface area contributed by atoms with Crippen LogP contribution in [0.15, 0.2) is 35.6 Å². The Hall–Kier alpha value is -2.08. The summed E-state index contributed by atoms with van der Waals surface area (Å²) in [5.41, 5.74) is 6.03. The lowest BCUT2D eigenvalue weighted by Gasteiger charge is -2.07. The summed E-state index contributed by atoms with van der Waals surface area (Å²) < 4.78 is 0. The maximum absolute atomic E-state index is 5.15. The van der Waals surface area contributed by atoms with Gasteiger partial charge in [-0.05, 0) is 37.7 Å². The molecule has 0 aliphatic heterocycles. The van der Waals surface area contributed by atoms with E-state index in [9.17, 15) is 0 Å². The van der Waals surface area contributed by atoms with Crippen molar-refractivity contribution in [1.29, 1.82) is 0 Å². The highest BCUT2D eigenvalue weighted by Crippen LogP contribution is 2.08. The SMILES string of the molecule is CCCCNC(=S)NN=C(C)c1cnc2ccccc2n1. The standard InChI is InChI=1S/C15H19N5S/c1-3-4-9-16-15(21)20-19-11(2)14-10-17-12-7-5-6-8-13(12)18-14/h5-8,10H,3-4,9H2,1-2H3,(H2,16,20,21). The van der Waals surface area contributed by atoms with Crippen molar-refractivity contribution in [3.63, 3.8) is 0 Å². The van der Waals surface area contributed by atoms with Gasteiger partial charge in [0.25, 0.3) is 0 Å². The molecule has 0 unspecified atom stereocenters. The topological polar surface area (TPSA) is 62.2 Å². The van der Waals surface area contributed by atoms with E-state index in [0.717, 1.165) is 41.8 Å². The molecule has 6 heteroatoms. The molecule has 110 valence electrons. The average Bonchev–Trinajstić information content (AvgIpc) is 2.52. The number of hydrazone groups is 1. The molecule has 0 atom stereocenters. The van der Waals surface area contributed by atoms with E-state index in [4.69, 9.17) is 12.2 Å². The highest BCUT2D eigenvalue weighted by molar-refractivity contribution is 7.80. The Morgan fingerprint density at radius 3 is 2.81 bits per heavy atom. The number of unbranched alkanes of at least 4 members (excludes halogenated alkanes) is 1. The molecule has 0 radical (unpaired) electrons. The van der Waals surface area contributed by atoms with Crippen molar-refractivity contribution in [3.05, 3.63) is 36.2 Å². The Morgan fingerprint density at radius 1 is 1.29 bits per heavy atom. The molecule has 21 heavy (non-hydrogen) atoms. The summed E-state index contributed by atoms with van der Waals surface area (Å²) in [6.07, 6.45) is 3.93. The number of hydrogen-bond acceptors (Lipinski definition) is 4. The second-order valence-electron chi connectivity index (χ2n) is 4.66. The van der Waals surface area contributed by atoms with Gasteiger partial charge in [0.1, 0.15) is 5.69 Å². The van der Waals surface area contributed by atoms with Crippen LogP contribution in [0.25, 0.3) is 11.0 Å². The molecule has 0 bridgehead atoms. The molecule has 0 spiro atoms. The second kappa shape index (κ2) is 7.64. The lowest BCUT2D eigenvalue weighted by molar-refractivity contribution is 0.744. The summed E-state index contributed by atoms with van der Waals surface area (Å²) in [5, 5.41) is 7.86. The zero-order valence-electron chi connectivity index (χ0n) is 12.3. The maximum Gasteiger partial charge on any atom is 0.186 e. The first-order chi connectivity index (χ1) is 10.2. The van der Waals surface area contributed by atoms with Crippen LogP contribution < -0.4 is 10.7 Å². The lowest BCUT2D eigenvalue weighted by Crippen LogP contribution is -2.33. The van der Waals surface area contributed by atoms with E-state index >= 15 is 0 Å². The number of thiocarbonyl (C=S) groups is 1. The fraction of sp³-hybridized carbons (Fsp3) is 0.333. The van der Waals surface area contributed by atoms with Gasteiger partial charge in [0, 0.05) is 6.54 Å². The molecule has 5 nitrogen and oxygen atoms in total. The van der Waals surface area contributed by atoms with Crippen molar-refractivity contribution in [3.8, 4) is 0 Å². The fourth-order valence-electron chi connectivity index (χ4n) is 1.74. The molecule has 1 aromatic heterocycles. The van der Waals surface area contributed by atoms with Gasteiger partial charge in [0.05, 0.1) is 22.9 Å². The normalized spacial score (nSPS) is 11.4. The third kappa shape index (κ3) is 4.46. The van der Waals surface area contributed by atoms with E-state index in [2.05, 4.69) is 32.7 Å². The molecule has 0 amide bonds. The van der Waals surface area contributed by atoms with E-state index < -0.39 is 0 Å². The van der Waals surface area contributed by atoms with Crippen LogP contribution in [0.1, 0.15) is 32.4 Å². The molecule has 0 aliphatic rings.